The number of amides is 4. The number of rotatable bonds is 11. The highest BCUT2D eigenvalue weighted by molar-refractivity contribution is 5.85. The molecule has 9 nitrogen and oxygen atoms in total. The predicted molar refractivity (Wildman–Crippen MR) is 164 cm³/mol. The van der Waals surface area contributed by atoms with Crippen molar-refractivity contribution >= 4 is 17.8 Å². The van der Waals surface area contributed by atoms with Gasteiger partial charge in [0, 0.05) is 44.8 Å². The molecule has 2 heterocycles. The Morgan fingerprint density at radius 3 is 2.33 bits per heavy atom. The van der Waals surface area contributed by atoms with Crippen LogP contribution in [0.4, 0.5) is 4.79 Å². The molecule has 9 heteroatoms. The molecule has 1 aromatic carbocycles. The van der Waals surface area contributed by atoms with Crippen molar-refractivity contribution in [2.45, 2.75) is 108 Å². The van der Waals surface area contributed by atoms with Crippen LogP contribution in [0, 0.1) is 11.3 Å². The van der Waals surface area contributed by atoms with E-state index in [0.29, 0.717) is 44.1 Å². The Kier molecular flexibility index (Phi) is 10.8. The van der Waals surface area contributed by atoms with E-state index in [2.05, 4.69) is 16.0 Å². The highest BCUT2D eigenvalue weighted by atomic mass is 16.2. The average molecular weight is 581 g/mol. The maximum Gasteiger partial charge on any atom is 0.317 e. The quantitative estimate of drug-likeness (QED) is 0.299. The molecule has 2 saturated carbocycles. The molecule has 2 saturated heterocycles. The van der Waals surface area contributed by atoms with Crippen LogP contribution in [0.1, 0.15) is 89.0 Å². The lowest BCUT2D eigenvalue weighted by molar-refractivity contribution is -0.138. The average Bonchev–Trinajstić information content (AvgIpc) is 3.79. The summed E-state index contributed by atoms with van der Waals surface area (Å²) in [6, 6.07) is 9.57. The predicted octanol–water partition coefficient (Wildman–Crippen LogP) is 3.53. The molecule has 4 aliphatic rings. The van der Waals surface area contributed by atoms with E-state index in [-0.39, 0.29) is 29.9 Å². The first-order valence-corrected chi connectivity index (χ1v) is 16.6. The SMILES string of the molecule is NCCCC[C@@H](NC1CCCCC1)C(=O)N1CC[C@@H](NC(=O)N2CCC3(CC2)CC3)[C@@H](C(=O)NCc2ccccc2)C1. The van der Waals surface area contributed by atoms with E-state index >= 15 is 0 Å². The summed E-state index contributed by atoms with van der Waals surface area (Å²) in [6.45, 7) is 3.46. The van der Waals surface area contributed by atoms with Crippen LogP contribution in [0.25, 0.3) is 0 Å². The van der Waals surface area contributed by atoms with Crippen LogP contribution >= 0.6 is 0 Å². The monoisotopic (exact) mass is 580 g/mol. The molecular weight excluding hydrogens is 528 g/mol. The van der Waals surface area contributed by atoms with Gasteiger partial charge >= 0.3 is 6.03 Å². The van der Waals surface area contributed by atoms with Gasteiger partial charge < -0.3 is 31.5 Å². The maximum absolute atomic E-state index is 14.0. The van der Waals surface area contributed by atoms with Gasteiger partial charge in [0.1, 0.15) is 0 Å². The van der Waals surface area contributed by atoms with Gasteiger partial charge in [-0.05, 0) is 75.3 Å². The molecule has 0 unspecified atom stereocenters. The minimum Gasteiger partial charge on any atom is -0.352 e. The van der Waals surface area contributed by atoms with E-state index in [1.54, 1.807) is 0 Å². The summed E-state index contributed by atoms with van der Waals surface area (Å²) in [6.07, 6.45) is 13.7. The second-order valence-electron chi connectivity index (χ2n) is 13.3. The molecular formula is C33H52N6O3. The van der Waals surface area contributed by atoms with Crippen LogP contribution in [0.5, 0.6) is 0 Å². The first-order chi connectivity index (χ1) is 20.5. The second kappa shape index (κ2) is 14.7. The number of unbranched alkanes of at least 4 members (excludes halogenated alkanes) is 1. The van der Waals surface area contributed by atoms with Crippen molar-refractivity contribution in [1.82, 2.24) is 25.8 Å². The Morgan fingerprint density at radius 2 is 1.64 bits per heavy atom. The molecule has 232 valence electrons. The van der Waals surface area contributed by atoms with Crippen molar-refractivity contribution in [2.75, 3.05) is 32.7 Å². The molecule has 3 atom stereocenters. The number of nitrogens with one attached hydrogen (secondary N) is 3. The van der Waals surface area contributed by atoms with E-state index in [0.717, 1.165) is 63.6 Å². The normalized spacial score (nSPS) is 24.7. The molecule has 5 rings (SSSR count). The van der Waals surface area contributed by atoms with Gasteiger partial charge in [-0.15, -0.1) is 0 Å². The van der Waals surface area contributed by atoms with Crippen molar-refractivity contribution < 1.29 is 14.4 Å². The van der Waals surface area contributed by atoms with Gasteiger partial charge in [0.2, 0.25) is 11.8 Å². The first kappa shape index (κ1) is 30.8. The molecule has 4 amide bonds. The van der Waals surface area contributed by atoms with Crippen LogP contribution in [0.15, 0.2) is 30.3 Å². The highest BCUT2D eigenvalue weighted by Crippen LogP contribution is 2.53. The van der Waals surface area contributed by atoms with Crippen molar-refractivity contribution in [3.8, 4) is 0 Å². The lowest BCUT2D eigenvalue weighted by Crippen LogP contribution is -2.61. The fourth-order valence-electron chi connectivity index (χ4n) is 7.16. The molecule has 2 aliphatic heterocycles. The Bertz CT molecular complexity index is 1030. The molecule has 42 heavy (non-hydrogen) atoms. The fraction of sp³-hybridized carbons (Fsp3) is 0.727. The molecule has 1 spiro atoms. The van der Waals surface area contributed by atoms with E-state index in [1.165, 1.54) is 32.1 Å². The number of likely N-dealkylation sites (tertiary alicyclic amines) is 2. The third-order valence-electron chi connectivity index (χ3n) is 10.2. The van der Waals surface area contributed by atoms with Gasteiger partial charge in [-0.1, -0.05) is 56.0 Å². The largest absolute Gasteiger partial charge is 0.352 e. The van der Waals surface area contributed by atoms with Crippen molar-refractivity contribution in [1.29, 1.82) is 0 Å². The summed E-state index contributed by atoms with van der Waals surface area (Å²) in [5.74, 6) is -0.541. The third kappa shape index (κ3) is 8.25. The van der Waals surface area contributed by atoms with Crippen LogP contribution < -0.4 is 21.7 Å². The number of carbonyl (C=O) groups excluding carboxylic acids is 3. The Morgan fingerprint density at radius 1 is 0.905 bits per heavy atom. The zero-order valence-corrected chi connectivity index (χ0v) is 25.3. The standard InChI is InChI=1S/C33H52N6O3/c34-19-8-7-13-29(36-26-11-5-2-6-12-26)31(41)39-20-14-28(37-32(42)38-21-17-33(15-16-33)18-22-38)27(24-39)30(40)35-23-25-9-3-1-4-10-25/h1,3-4,9-10,26-29,36H,2,5-8,11-24,34H2,(H,35,40)(H,37,42)/t27-,28+,29+/m0/s1. The third-order valence-corrected chi connectivity index (χ3v) is 10.2. The molecule has 0 radical (unpaired) electrons. The Labute approximate surface area is 251 Å². The summed E-state index contributed by atoms with van der Waals surface area (Å²) in [4.78, 5) is 44.7. The van der Waals surface area contributed by atoms with Gasteiger partial charge in [0.05, 0.1) is 12.0 Å². The van der Waals surface area contributed by atoms with E-state index < -0.39 is 5.92 Å². The van der Waals surface area contributed by atoms with Gasteiger partial charge in [0.25, 0.3) is 0 Å². The van der Waals surface area contributed by atoms with E-state index in [9.17, 15) is 14.4 Å². The number of urea groups is 1. The Balaban J connectivity index is 1.24. The maximum atomic E-state index is 14.0. The zero-order valence-electron chi connectivity index (χ0n) is 25.3. The molecule has 2 aliphatic carbocycles. The van der Waals surface area contributed by atoms with Gasteiger partial charge in [-0.2, -0.15) is 0 Å². The van der Waals surface area contributed by atoms with Crippen molar-refractivity contribution in [3.05, 3.63) is 35.9 Å². The minimum atomic E-state index is -0.505. The van der Waals surface area contributed by atoms with E-state index in [1.807, 2.05) is 40.1 Å². The number of hydrogen-bond acceptors (Lipinski definition) is 5. The number of nitrogens with two attached hydrogens (primary N) is 1. The summed E-state index contributed by atoms with van der Waals surface area (Å²) in [7, 11) is 0. The fourth-order valence-corrected chi connectivity index (χ4v) is 7.16. The number of hydrogen-bond donors (Lipinski definition) is 4. The van der Waals surface area contributed by atoms with Gasteiger partial charge in [-0.25, -0.2) is 4.79 Å². The molecule has 0 aromatic heterocycles. The zero-order chi connectivity index (χ0) is 29.4. The molecule has 0 bridgehead atoms. The van der Waals surface area contributed by atoms with Crippen LogP contribution in [-0.4, -0.2) is 78.5 Å². The summed E-state index contributed by atoms with van der Waals surface area (Å²) >= 11 is 0. The Hall–Kier alpha value is -2.65. The second-order valence-corrected chi connectivity index (χ2v) is 13.3. The van der Waals surface area contributed by atoms with E-state index in [4.69, 9.17) is 5.73 Å². The molecule has 5 N–H and O–H groups in total. The van der Waals surface area contributed by atoms with Crippen LogP contribution in [0.2, 0.25) is 0 Å². The summed E-state index contributed by atoms with van der Waals surface area (Å²) in [5.41, 5.74) is 7.28. The van der Waals surface area contributed by atoms with Crippen molar-refractivity contribution in [2.24, 2.45) is 17.1 Å². The van der Waals surface area contributed by atoms with Crippen molar-refractivity contribution in [3.63, 3.8) is 0 Å². The number of nitrogens with zero attached hydrogens (tertiary/aromatic N) is 2. The topological polar surface area (TPSA) is 120 Å². The number of piperidine rings is 2. The lowest BCUT2D eigenvalue weighted by Gasteiger charge is -2.41. The molecule has 1 aromatic rings. The summed E-state index contributed by atoms with van der Waals surface area (Å²) < 4.78 is 0. The van der Waals surface area contributed by atoms with Crippen LogP contribution in [0.3, 0.4) is 0 Å². The number of benzene rings is 1. The van der Waals surface area contributed by atoms with Gasteiger partial charge in [-0.3, -0.25) is 9.59 Å². The minimum absolute atomic E-state index is 0.0743. The molecule has 4 fully saturated rings. The summed E-state index contributed by atoms with van der Waals surface area (Å²) in [5, 5.41) is 10.0. The van der Waals surface area contributed by atoms with Gasteiger partial charge in [0.15, 0.2) is 0 Å². The highest BCUT2D eigenvalue weighted by Gasteiger charge is 2.46. The van der Waals surface area contributed by atoms with Crippen LogP contribution in [-0.2, 0) is 16.1 Å². The smallest absolute Gasteiger partial charge is 0.317 e. The first-order valence-electron chi connectivity index (χ1n) is 16.6. The lowest BCUT2D eigenvalue weighted by atomic mass is 9.89. The number of carbonyl (C=O) groups is 3.